The molecule has 3 aromatic rings. The average Bonchev–Trinajstić information content (AvgIpc) is 3.14. The molecule has 1 aliphatic rings. The fraction of sp³-hybridized carbons (Fsp3) is 0.391. The van der Waals surface area contributed by atoms with Gasteiger partial charge in [-0.3, -0.25) is 4.79 Å². The monoisotopic (exact) mass is 468 g/mol. The van der Waals surface area contributed by atoms with Crippen LogP contribution in [0.4, 0.5) is 16.4 Å². The van der Waals surface area contributed by atoms with Crippen LogP contribution in [0.25, 0.3) is 10.9 Å². The number of nitrogens with one attached hydrogen (secondary N) is 3. The fourth-order valence-corrected chi connectivity index (χ4v) is 3.62. The molecule has 2 aromatic heterocycles. The highest BCUT2D eigenvalue weighted by atomic mass is 16.5. The summed E-state index contributed by atoms with van der Waals surface area (Å²) in [5, 5.41) is 6.50. The van der Waals surface area contributed by atoms with Gasteiger partial charge in [0.25, 0.3) is 5.91 Å². The van der Waals surface area contributed by atoms with Gasteiger partial charge in [-0.15, -0.1) is 0 Å². The van der Waals surface area contributed by atoms with Crippen LogP contribution < -0.4 is 20.3 Å². The van der Waals surface area contributed by atoms with E-state index in [0.717, 1.165) is 22.2 Å². The summed E-state index contributed by atoms with van der Waals surface area (Å²) in [6, 6.07) is 7.20. The molecule has 11 nitrogen and oxygen atoms in total. The lowest BCUT2D eigenvalue weighted by Crippen LogP contribution is -2.37. The van der Waals surface area contributed by atoms with Crippen LogP contribution in [0, 0.1) is 13.8 Å². The van der Waals surface area contributed by atoms with Crippen molar-refractivity contribution >= 4 is 34.5 Å². The molecule has 0 bridgehead atoms. The Morgan fingerprint density at radius 1 is 1.18 bits per heavy atom. The lowest BCUT2D eigenvalue weighted by atomic mass is 10.1. The number of carbonyl (C=O) groups is 2. The van der Waals surface area contributed by atoms with Gasteiger partial charge in [0.2, 0.25) is 11.8 Å². The molecule has 3 N–H and O–H groups in total. The Morgan fingerprint density at radius 3 is 2.74 bits per heavy atom. The van der Waals surface area contributed by atoms with Crippen molar-refractivity contribution in [3.63, 3.8) is 0 Å². The Labute approximate surface area is 196 Å². The van der Waals surface area contributed by atoms with Crippen LogP contribution in [0.1, 0.15) is 21.7 Å². The van der Waals surface area contributed by atoms with Crippen LogP contribution in [-0.4, -0.2) is 73.5 Å². The second kappa shape index (κ2) is 10.4. The first-order valence-corrected chi connectivity index (χ1v) is 11.0. The minimum absolute atomic E-state index is 0.151. The number of amides is 2. The van der Waals surface area contributed by atoms with Gasteiger partial charge >= 0.3 is 6.09 Å². The third-order valence-corrected chi connectivity index (χ3v) is 5.59. The predicted octanol–water partition coefficient (Wildman–Crippen LogP) is 2.40. The molecule has 3 heterocycles. The molecule has 1 aromatic carbocycles. The maximum Gasteiger partial charge on any atom is 0.406 e. The Kier molecular flexibility index (Phi) is 7.12. The molecule has 34 heavy (non-hydrogen) atoms. The van der Waals surface area contributed by atoms with Gasteiger partial charge in [0, 0.05) is 41.4 Å². The van der Waals surface area contributed by atoms with E-state index < -0.39 is 6.09 Å². The van der Waals surface area contributed by atoms with Crippen molar-refractivity contribution in [3.05, 3.63) is 41.2 Å². The molecule has 0 unspecified atom stereocenters. The first kappa shape index (κ1) is 23.3. The Bertz CT molecular complexity index is 1190. The largest absolute Gasteiger partial charge is 0.476 e. The summed E-state index contributed by atoms with van der Waals surface area (Å²) in [5.74, 6) is 0.249. The zero-order chi connectivity index (χ0) is 24.1. The highest BCUT2D eigenvalue weighted by Gasteiger charge is 2.19. The number of hydrogen-bond acceptors (Lipinski definition) is 8. The van der Waals surface area contributed by atoms with Crippen molar-refractivity contribution < 1.29 is 23.8 Å². The quantitative estimate of drug-likeness (QED) is 0.451. The third-order valence-electron chi connectivity index (χ3n) is 5.59. The smallest absolute Gasteiger partial charge is 0.406 e. The van der Waals surface area contributed by atoms with Crippen molar-refractivity contribution in [1.82, 2.24) is 20.3 Å². The van der Waals surface area contributed by atoms with Crippen LogP contribution in [0.5, 0.6) is 5.88 Å². The zero-order valence-corrected chi connectivity index (χ0v) is 19.4. The van der Waals surface area contributed by atoms with E-state index in [4.69, 9.17) is 9.47 Å². The first-order valence-electron chi connectivity index (χ1n) is 11.0. The van der Waals surface area contributed by atoms with Gasteiger partial charge in [-0.25, -0.2) is 9.78 Å². The molecule has 4 rings (SSSR count). The first-order chi connectivity index (χ1) is 16.4. The van der Waals surface area contributed by atoms with Crippen molar-refractivity contribution in [3.8, 4) is 5.88 Å². The summed E-state index contributed by atoms with van der Waals surface area (Å²) in [7, 11) is 1.29. The third kappa shape index (κ3) is 5.37. The van der Waals surface area contributed by atoms with E-state index >= 15 is 0 Å². The van der Waals surface area contributed by atoms with E-state index in [1.54, 1.807) is 0 Å². The van der Waals surface area contributed by atoms with E-state index in [9.17, 15) is 9.59 Å². The molecular formula is C23H28N6O5. The summed E-state index contributed by atoms with van der Waals surface area (Å²) < 4.78 is 15.6. The van der Waals surface area contributed by atoms with Crippen LogP contribution in [0.3, 0.4) is 0 Å². The van der Waals surface area contributed by atoms with Crippen LogP contribution >= 0.6 is 0 Å². The van der Waals surface area contributed by atoms with E-state index in [0.29, 0.717) is 37.9 Å². The van der Waals surface area contributed by atoms with Gasteiger partial charge in [0.1, 0.15) is 12.3 Å². The molecule has 11 heteroatoms. The maximum absolute atomic E-state index is 13.1. The van der Waals surface area contributed by atoms with Crippen LogP contribution in [-0.2, 0) is 9.47 Å². The molecule has 0 atom stereocenters. The molecule has 1 saturated heterocycles. The summed E-state index contributed by atoms with van der Waals surface area (Å²) in [5.41, 5.74) is 4.08. The number of H-pyrrole nitrogens is 1. The molecule has 180 valence electrons. The maximum atomic E-state index is 13.1. The molecule has 2 amide bonds. The highest BCUT2D eigenvalue weighted by molar-refractivity contribution is 6.04. The molecule has 1 aliphatic heterocycles. The number of rotatable bonds is 7. The number of benzene rings is 1. The number of nitrogens with zero attached hydrogens (tertiary/aromatic N) is 3. The number of anilines is 2. The highest BCUT2D eigenvalue weighted by Crippen LogP contribution is 2.25. The van der Waals surface area contributed by atoms with E-state index in [-0.39, 0.29) is 30.6 Å². The Balaban J connectivity index is 1.54. The number of ether oxygens (including phenoxy) is 3. The standard InChI is InChI=1S/C23H28N6O5/c1-14-15(2)25-18-5-4-16(12-17(14)18)26-21(30)19-13-20(34-9-6-24-23(31)32-3)28-22(27-19)29-7-10-33-11-8-29/h4-5,12-13,25H,6-11H2,1-3H3,(H,24,31)(H,26,30). The number of fused-ring (bicyclic) bond motifs is 1. The number of alkyl carbamates (subject to hydrolysis) is 1. The number of methoxy groups -OCH3 is 1. The number of morpholine rings is 1. The Hall–Kier alpha value is -3.86. The minimum atomic E-state index is -0.551. The predicted molar refractivity (Wildman–Crippen MR) is 127 cm³/mol. The normalized spacial score (nSPS) is 13.6. The number of aromatic amines is 1. The van der Waals surface area contributed by atoms with E-state index in [1.807, 2.05) is 36.9 Å². The number of aryl methyl sites for hydroxylation is 2. The topological polar surface area (TPSA) is 131 Å². The fourth-order valence-electron chi connectivity index (χ4n) is 3.62. The number of hydrogen-bond donors (Lipinski definition) is 3. The lowest BCUT2D eigenvalue weighted by Gasteiger charge is -2.27. The SMILES string of the molecule is COC(=O)NCCOc1cc(C(=O)Nc2ccc3[nH]c(C)c(C)c3c2)nc(N2CCOCC2)n1. The molecule has 1 fully saturated rings. The lowest BCUT2D eigenvalue weighted by molar-refractivity contribution is 0.102. The second-order valence-electron chi connectivity index (χ2n) is 7.85. The summed E-state index contributed by atoms with van der Waals surface area (Å²) in [6.45, 7) is 6.75. The average molecular weight is 469 g/mol. The Morgan fingerprint density at radius 2 is 1.97 bits per heavy atom. The molecule has 0 saturated carbocycles. The van der Waals surface area contributed by atoms with Gasteiger partial charge in [-0.05, 0) is 37.6 Å². The van der Waals surface area contributed by atoms with Crippen molar-refractivity contribution in [2.75, 3.05) is 56.8 Å². The molecule has 0 radical (unpaired) electrons. The summed E-state index contributed by atoms with van der Waals surface area (Å²) in [6.07, 6.45) is -0.551. The summed E-state index contributed by atoms with van der Waals surface area (Å²) >= 11 is 0. The van der Waals surface area contributed by atoms with Gasteiger partial charge in [-0.1, -0.05) is 0 Å². The number of aromatic nitrogens is 3. The van der Waals surface area contributed by atoms with E-state index in [2.05, 4.69) is 30.3 Å². The molecule has 0 aliphatic carbocycles. The summed E-state index contributed by atoms with van der Waals surface area (Å²) in [4.78, 5) is 38.5. The number of carbonyl (C=O) groups excluding carboxylic acids is 2. The van der Waals surface area contributed by atoms with Gasteiger partial charge in [0.05, 0.1) is 26.9 Å². The van der Waals surface area contributed by atoms with Gasteiger partial charge in [-0.2, -0.15) is 4.98 Å². The van der Waals surface area contributed by atoms with Crippen LogP contribution in [0.15, 0.2) is 24.3 Å². The van der Waals surface area contributed by atoms with Gasteiger partial charge < -0.3 is 34.7 Å². The molecule has 0 spiro atoms. The minimum Gasteiger partial charge on any atom is -0.476 e. The van der Waals surface area contributed by atoms with E-state index in [1.165, 1.54) is 13.2 Å². The van der Waals surface area contributed by atoms with Crippen molar-refractivity contribution in [2.24, 2.45) is 0 Å². The zero-order valence-electron chi connectivity index (χ0n) is 19.4. The second-order valence-corrected chi connectivity index (χ2v) is 7.85. The van der Waals surface area contributed by atoms with Crippen molar-refractivity contribution in [1.29, 1.82) is 0 Å². The van der Waals surface area contributed by atoms with Gasteiger partial charge in [0.15, 0.2) is 0 Å². The molecular weight excluding hydrogens is 440 g/mol. The van der Waals surface area contributed by atoms with Crippen molar-refractivity contribution in [2.45, 2.75) is 13.8 Å². The van der Waals surface area contributed by atoms with Crippen LogP contribution in [0.2, 0.25) is 0 Å².